The molecule has 3 aliphatic rings. The number of likely N-dealkylation sites (tertiary alicyclic amines) is 1. The number of carbonyl (C=O) groups is 1. The Kier molecular flexibility index (Phi) is 9.28. The largest absolute Gasteiger partial charge is 0.489 e. The number of carbonyl (C=O) groups excluding carboxylic acids is 1. The molecule has 3 fully saturated rings. The van der Waals surface area contributed by atoms with Gasteiger partial charge in [0.25, 0.3) is 0 Å². The minimum Gasteiger partial charge on any atom is -0.489 e. The van der Waals surface area contributed by atoms with Crippen LogP contribution in [0.15, 0.2) is 60.7 Å². The van der Waals surface area contributed by atoms with Crippen LogP contribution in [0.3, 0.4) is 0 Å². The fourth-order valence-electron chi connectivity index (χ4n) is 5.77. The summed E-state index contributed by atoms with van der Waals surface area (Å²) in [5.41, 5.74) is 1.54. The Hall–Kier alpha value is -3.04. The second-order valence-electron chi connectivity index (χ2n) is 11.7. The maximum absolute atomic E-state index is 13.6. The van der Waals surface area contributed by atoms with Crippen molar-refractivity contribution in [2.45, 2.75) is 50.4 Å². The molecule has 1 amide bonds. The van der Waals surface area contributed by atoms with Crippen molar-refractivity contribution >= 4 is 34.8 Å². The Morgan fingerprint density at radius 1 is 0.953 bits per heavy atom. The molecule has 1 unspecified atom stereocenters. The molecule has 228 valence electrons. The molecule has 2 N–H and O–H groups in total. The second-order valence-corrected chi connectivity index (χ2v) is 12.5. The zero-order valence-electron chi connectivity index (χ0n) is 23.9. The third kappa shape index (κ3) is 7.55. The summed E-state index contributed by atoms with van der Waals surface area (Å²) in [5, 5.41) is 15.6. The first kappa shape index (κ1) is 30.0. The molecule has 2 heterocycles. The molecule has 3 atom stereocenters. The summed E-state index contributed by atoms with van der Waals surface area (Å²) in [5.74, 6) is 0.891. The van der Waals surface area contributed by atoms with Crippen LogP contribution in [0, 0.1) is 11.7 Å². The quantitative estimate of drug-likeness (QED) is 0.249. The van der Waals surface area contributed by atoms with E-state index >= 15 is 0 Å². The van der Waals surface area contributed by atoms with E-state index in [1.807, 2.05) is 24.3 Å². The van der Waals surface area contributed by atoms with E-state index in [0.717, 1.165) is 44.5 Å². The summed E-state index contributed by atoms with van der Waals surface area (Å²) in [6, 6.07) is 16.2. The number of amides is 1. The normalized spacial score (nSPS) is 20.2. The third-order valence-corrected chi connectivity index (χ3v) is 8.97. The number of rotatable bonds is 11. The van der Waals surface area contributed by atoms with Gasteiger partial charge in [-0.25, -0.2) is 4.39 Å². The minimum atomic E-state index is -0.919. The Morgan fingerprint density at radius 2 is 1.72 bits per heavy atom. The van der Waals surface area contributed by atoms with Crippen LogP contribution in [0.2, 0.25) is 10.0 Å². The number of halogens is 3. The molecule has 2 aliphatic heterocycles. The lowest BCUT2D eigenvalue weighted by Gasteiger charge is -2.30. The van der Waals surface area contributed by atoms with Gasteiger partial charge < -0.3 is 29.7 Å². The SMILES string of the molecule is O=C(N[C@H](CN1CCCC1)[C@H](O)c1ccc(OC2CC2)c(Cl)c1)C1CCN(c2ccc(Cl)c(Oc3ccc(F)cc3)c2)C1. The first-order valence-corrected chi connectivity index (χ1v) is 15.7. The van der Waals surface area contributed by atoms with E-state index in [4.69, 9.17) is 32.7 Å². The summed E-state index contributed by atoms with van der Waals surface area (Å²) >= 11 is 12.9. The topological polar surface area (TPSA) is 74.3 Å². The molecule has 3 aromatic carbocycles. The van der Waals surface area contributed by atoms with Crippen molar-refractivity contribution < 1.29 is 23.8 Å². The highest BCUT2D eigenvalue weighted by Crippen LogP contribution is 2.36. The molecule has 6 rings (SSSR count). The van der Waals surface area contributed by atoms with Crippen molar-refractivity contribution in [3.8, 4) is 17.2 Å². The van der Waals surface area contributed by atoms with E-state index in [1.165, 1.54) is 12.1 Å². The van der Waals surface area contributed by atoms with Gasteiger partial charge in [0.2, 0.25) is 5.91 Å². The number of benzene rings is 3. The highest BCUT2D eigenvalue weighted by molar-refractivity contribution is 6.32. The first-order chi connectivity index (χ1) is 20.8. The molecule has 10 heteroatoms. The van der Waals surface area contributed by atoms with Gasteiger partial charge in [-0.05, 0) is 99.3 Å². The van der Waals surface area contributed by atoms with Crippen LogP contribution in [0.5, 0.6) is 17.2 Å². The van der Waals surface area contributed by atoms with Gasteiger partial charge in [-0.1, -0.05) is 29.3 Å². The molecule has 3 aromatic rings. The average Bonchev–Trinajstić information content (AvgIpc) is 3.43. The highest BCUT2D eigenvalue weighted by Gasteiger charge is 2.33. The lowest BCUT2D eigenvalue weighted by atomic mass is 10.00. The van der Waals surface area contributed by atoms with E-state index < -0.39 is 12.1 Å². The fraction of sp³-hybridized carbons (Fsp3) is 0.424. The van der Waals surface area contributed by atoms with Crippen molar-refractivity contribution in [1.82, 2.24) is 10.2 Å². The predicted octanol–water partition coefficient (Wildman–Crippen LogP) is 6.61. The zero-order valence-corrected chi connectivity index (χ0v) is 25.4. The predicted molar refractivity (Wildman–Crippen MR) is 166 cm³/mol. The number of hydrogen-bond acceptors (Lipinski definition) is 6. The Balaban J connectivity index is 1.12. The van der Waals surface area contributed by atoms with Gasteiger partial charge in [-0.15, -0.1) is 0 Å². The lowest BCUT2D eigenvalue weighted by molar-refractivity contribution is -0.126. The van der Waals surface area contributed by atoms with Crippen molar-refractivity contribution in [1.29, 1.82) is 0 Å². The molecule has 0 radical (unpaired) electrons. The van der Waals surface area contributed by atoms with Gasteiger partial charge in [-0.3, -0.25) is 4.79 Å². The number of aliphatic hydroxyl groups excluding tert-OH is 1. The molecule has 7 nitrogen and oxygen atoms in total. The number of aliphatic hydroxyl groups is 1. The summed E-state index contributed by atoms with van der Waals surface area (Å²) in [6.45, 7) is 3.67. The fourth-order valence-corrected chi connectivity index (χ4v) is 6.16. The molecule has 1 saturated carbocycles. The van der Waals surface area contributed by atoms with E-state index in [-0.39, 0.29) is 23.7 Å². The van der Waals surface area contributed by atoms with Gasteiger partial charge in [-0.2, -0.15) is 0 Å². The van der Waals surface area contributed by atoms with Crippen LogP contribution in [-0.4, -0.2) is 60.8 Å². The number of ether oxygens (including phenoxy) is 2. The molecule has 0 aromatic heterocycles. The highest BCUT2D eigenvalue weighted by atomic mass is 35.5. The van der Waals surface area contributed by atoms with E-state index in [9.17, 15) is 14.3 Å². The number of nitrogens with zero attached hydrogens (tertiary/aromatic N) is 2. The number of hydrogen-bond donors (Lipinski definition) is 2. The number of nitrogens with one attached hydrogen (secondary N) is 1. The molecule has 2 saturated heterocycles. The van der Waals surface area contributed by atoms with Gasteiger partial charge in [0.05, 0.1) is 28.1 Å². The smallest absolute Gasteiger partial charge is 0.225 e. The maximum atomic E-state index is 13.6. The molecular weight excluding hydrogens is 592 g/mol. The van der Waals surface area contributed by atoms with Crippen LogP contribution in [0.4, 0.5) is 10.1 Å². The average molecular weight is 629 g/mol. The van der Waals surface area contributed by atoms with Crippen molar-refractivity contribution in [2.75, 3.05) is 37.6 Å². The van der Waals surface area contributed by atoms with Crippen molar-refractivity contribution in [3.63, 3.8) is 0 Å². The molecular formula is C33H36Cl2FN3O4. The van der Waals surface area contributed by atoms with E-state index in [2.05, 4.69) is 15.1 Å². The Bertz CT molecular complexity index is 1430. The van der Waals surface area contributed by atoms with Gasteiger partial charge in [0, 0.05) is 31.4 Å². The first-order valence-electron chi connectivity index (χ1n) is 15.0. The molecule has 1 aliphatic carbocycles. The van der Waals surface area contributed by atoms with E-state index in [0.29, 0.717) is 58.9 Å². The van der Waals surface area contributed by atoms with Crippen LogP contribution in [-0.2, 0) is 4.79 Å². The van der Waals surface area contributed by atoms with Crippen molar-refractivity contribution in [2.24, 2.45) is 5.92 Å². The Labute approximate surface area is 261 Å². The van der Waals surface area contributed by atoms with Crippen molar-refractivity contribution in [3.05, 3.63) is 82.1 Å². The van der Waals surface area contributed by atoms with Gasteiger partial charge in [0.1, 0.15) is 29.2 Å². The maximum Gasteiger partial charge on any atom is 0.225 e. The lowest BCUT2D eigenvalue weighted by Crippen LogP contribution is -2.48. The monoisotopic (exact) mass is 627 g/mol. The van der Waals surface area contributed by atoms with Crippen LogP contribution in [0.1, 0.15) is 43.8 Å². The third-order valence-electron chi connectivity index (χ3n) is 8.36. The van der Waals surface area contributed by atoms with Gasteiger partial charge >= 0.3 is 0 Å². The number of anilines is 1. The summed E-state index contributed by atoms with van der Waals surface area (Å²) in [4.78, 5) is 18.0. The summed E-state index contributed by atoms with van der Waals surface area (Å²) < 4.78 is 25.1. The van der Waals surface area contributed by atoms with Crippen LogP contribution in [0.25, 0.3) is 0 Å². The van der Waals surface area contributed by atoms with Crippen LogP contribution >= 0.6 is 23.2 Å². The Morgan fingerprint density at radius 3 is 2.44 bits per heavy atom. The zero-order chi connectivity index (χ0) is 29.9. The van der Waals surface area contributed by atoms with E-state index in [1.54, 1.807) is 24.3 Å². The summed E-state index contributed by atoms with van der Waals surface area (Å²) in [6.07, 6.45) is 4.27. The van der Waals surface area contributed by atoms with Gasteiger partial charge in [0.15, 0.2) is 0 Å². The van der Waals surface area contributed by atoms with Crippen LogP contribution < -0.4 is 19.7 Å². The second kappa shape index (κ2) is 13.3. The standard InChI is InChI=1S/C33H36Cl2FN3O4/c34-27-11-6-24(18-31(27)43-25-7-4-23(36)5-8-25)39-16-13-22(19-39)33(41)37-29(20-38-14-1-2-15-38)32(40)21-3-12-30(28(35)17-21)42-26-9-10-26/h3-8,11-12,17-18,22,26,29,32,40H,1-2,9-10,13-16,19-20H2,(H,37,41)/t22?,29-,32-/m1/s1. The molecule has 0 bridgehead atoms. The summed E-state index contributed by atoms with van der Waals surface area (Å²) in [7, 11) is 0. The minimum absolute atomic E-state index is 0.0812. The molecule has 43 heavy (non-hydrogen) atoms. The molecule has 0 spiro atoms.